The maximum absolute atomic E-state index is 12.3. The molecule has 6 heteroatoms. The first-order valence-corrected chi connectivity index (χ1v) is 8.38. The molecule has 2 aromatic rings. The van der Waals surface area contributed by atoms with Crippen molar-refractivity contribution >= 4 is 17.4 Å². The standard InChI is InChI=1S/C18H22N4O2/c1-2-24-16-10-6-5-9-14(16)22-18(23)15-11-20-17(12-19-15)21-13-7-3-4-8-13/h5-6,9-13H,2-4,7-8H2,1H3,(H,20,21)(H,22,23). The number of carbonyl (C=O) groups is 1. The smallest absolute Gasteiger partial charge is 0.275 e. The van der Waals surface area contributed by atoms with Crippen molar-refractivity contribution in [3.63, 3.8) is 0 Å². The van der Waals surface area contributed by atoms with Crippen molar-refractivity contribution in [3.05, 3.63) is 42.4 Å². The van der Waals surface area contributed by atoms with Gasteiger partial charge in [0.25, 0.3) is 5.91 Å². The SMILES string of the molecule is CCOc1ccccc1NC(=O)c1cnc(NC2CCCC2)cn1. The molecule has 1 amide bonds. The quantitative estimate of drug-likeness (QED) is 0.850. The van der Waals surface area contributed by atoms with Crippen LogP contribution in [0, 0.1) is 0 Å². The third kappa shape index (κ3) is 4.01. The lowest BCUT2D eigenvalue weighted by atomic mass is 10.2. The number of rotatable bonds is 6. The third-order valence-electron chi connectivity index (χ3n) is 4.03. The number of ether oxygens (including phenoxy) is 1. The average Bonchev–Trinajstić information content (AvgIpc) is 3.10. The van der Waals surface area contributed by atoms with Gasteiger partial charge in [0.1, 0.15) is 17.3 Å². The first kappa shape index (κ1) is 16.2. The fourth-order valence-corrected chi connectivity index (χ4v) is 2.84. The molecule has 0 radical (unpaired) electrons. The molecule has 0 saturated heterocycles. The van der Waals surface area contributed by atoms with E-state index in [1.165, 1.54) is 19.0 Å². The summed E-state index contributed by atoms with van der Waals surface area (Å²) in [6.45, 7) is 2.44. The van der Waals surface area contributed by atoms with Crippen LogP contribution in [0.3, 0.4) is 0 Å². The Kier molecular flexibility index (Phi) is 5.25. The highest BCUT2D eigenvalue weighted by atomic mass is 16.5. The van der Waals surface area contributed by atoms with Gasteiger partial charge in [0, 0.05) is 6.04 Å². The Balaban J connectivity index is 1.64. The van der Waals surface area contributed by atoms with Crippen LogP contribution < -0.4 is 15.4 Å². The number of hydrogen-bond donors (Lipinski definition) is 2. The van der Waals surface area contributed by atoms with Crippen LogP contribution in [-0.4, -0.2) is 28.5 Å². The van der Waals surface area contributed by atoms with Crippen LogP contribution in [0.4, 0.5) is 11.5 Å². The summed E-state index contributed by atoms with van der Waals surface area (Å²) in [7, 11) is 0. The molecule has 1 aromatic carbocycles. The van der Waals surface area contributed by atoms with Crippen LogP contribution in [0.5, 0.6) is 5.75 Å². The van der Waals surface area contributed by atoms with Crippen LogP contribution in [0.15, 0.2) is 36.7 Å². The lowest BCUT2D eigenvalue weighted by Crippen LogP contribution is -2.18. The van der Waals surface area contributed by atoms with Crippen molar-refractivity contribution in [1.82, 2.24) is 9.97 Å². The van der Waals surface area contributed by atoms with Gasteiger partial charge in [-0.05, 0) is 31.9 Å². The summed E-state index contributed by atoms with van der Waals surface area (Å²) in [6, 6.07) is 7.80. The van der Waals surface area contributed by atoms with Crippen LogP contribution in [0.25, 0.3) is 0 Å². The van der Waals surface area contributed by atoms with Crippen molar-refractivity contribution in [1.29, 1.82) is 0 Å². The van der Waals surface area contributed by atoms with Gasteiger partial charge >= 0.3 is 0 Å². The Morgan fingerprint density at radius 3 is 2.71 bits per heavy atom. The zero-order valence-corrected chi connectivity index (χ0v) is 13.8. The molecule has 1 aliphatic rings. The summed E-state index contributed by atoms with van der Waals surface area (Å²) in [4.78, 5) is 20.8. The topological polar surface area (TPSA) is 76.1 Å². The molecule has 3 rings (SSSR count). The molecular formula is C18H22N4O2. The number of nitrogens with zero attached hydrogens (tertiary/aromatic N) is 2. The second kappa shape index (κ2) is 7.77. The van der Waals surface area contributed by atoms with Gasteiger partial charge in [0.2, 0.25) is 0 Å². The molecule has 0 unspecified atom stereocenters. The number of carbonyl (C=O) groups excluding carboxylic acids is 1. The Morgan fingerprint density at radius 2 is 2.00 bits per heavy atom. The lowest BCUT2D eigenvalue weighted by Gasteiger charge is -2.13. The number of benzene rings is 1. The Labute approximate surface area is 141 Å². The summed E-state index contributed by atoms with van der Waals surface area (Å²) >= 11 is 0. The minimum absolute atomic E-state index is 0.276. The molecule has 1 aromatic heterocycles. The van der Waals surface area contributed by atoms with Gasteiger partial charge in [-0.1, -0.05) is 25.0 Å². The fourth-order valence-electron chi connectivity index (χ4n) is 2.84. The highest BCUT2D eigenvalue weighted by Gasteiger charge is 2.16. The van der Waals surface area contributed by atoms with E-state index in [2.05, 4.69) is 20.6 Å². The molecule has 6 nitrogen and oxygen atoms in total. The van der Waals surface area contributed by atoms with Crippen LogP contribution in [0.2, 0.25) is 0 Å². The highest BCUT2D eigenvalue weighted by molar-refractivity contribution is 6.03. The molecule has 24 heavy (non-hydrogen) atoms. The number of anilines is 2. The second-order valence-electron chi connectivity index (χ2n) is 5.80. The summed E-state index contributed by atoms with van der Waals surface area (Å²) in [5.74, 6) is 1.05. The number of amides is 1. The predicted octanol–water partition coefficient (Wildman–Crippen LogP) is 3.48. The van der Waals surface area contributed by atoms with Gasteiger partial charge in [-0.3, -0.25) is 4.79 Å². The number of para-hydroxylation sites is 2. The largest absolute Gasteiger partial charge is 0.492 e. The van der Waals surface area contributed by atoms with Crippen molar-refractivity contribution in [2.75, 3.05) is 17.2 Å². The molecule has 126 valence electrons. The lowest BCUT2D eigenvalue weighted by molar-refractivity contribution is 0.102. The molecule has 0 atom stereocenters. The van der Waals surface area contributed by atoms with Crippen LogP contribution in [0.1, 0.15) is 43.1 Å². The Bertz CT molecular complexity index is 682. The number of hydrogen-bond acceptors (Lipinski definition) is 5. The minimum atomic E-state index is -0.304. The third-order valence-corrected chi connectivity index (χ3v) is 4.03. The number of aromatic nitrogens is 2. The minimum Gasteiger partial charge on any atom is -0.492 e. The van der Waals surface area contributed by atoms with Gasteiger partial charge in [0.05, 0.1) is 24.7 Å². The van der Waals surface area contributed by atoms with Crippen molar-refractivity contribution in [3.8, 4) is 5.75 Å². The summed E-state index contributed by atoms with van der Waals surface area (Å²) in [5.41, 5.74) is 0.901. The maximum Gasteiger partial charge on any atom is 0.275 e. The molecular weight excluding hydrogens is 304 g/mol. The molecule has 1 aliphatic carbocycles. The van der Waals surface area contributed by atoms with E-state index in [1.807, 2.05) is 25.1 Å². The zero-order valence-electron chi connectivity index (χ0n) is 13.8. The first-order valence-electron chi connectivity index (χ1n) is 8.38. The van der Waals surface area contributed by atoms with E-state index in [0.717, 1.165) is 12.8 Å². The van der Waals surface area contributed by atoms with Crippen LogP contribution in [-0.2, 0) is 0 Å². The molecule has 1 heterocycles. The summed E-state index contributed by atoms with van der Waals surface area (Å²) < 4.78 is 5.51. The summed E-state index contributed by atoms with van der Waals surface area (Å²) in [6.07, 6.45) is 7.95. The van der Waals surface area contributed by atoms with E-state index in [1.54, 1.807) is 12.3 Å². The fraction of sp³-hybridized carbons (Fsp3) is 0.389. The van der Waals surface area contributed by atoms with E-state index in [4.69, 9.17) is 4.74 Å². The van der Waals surface area contributed by atoms with Crippen molar-refractivity contribution in [2.24, 2.45) is 0 Å². The molecule has 1 fully saturated rings. The molecule has 2 N–H and O–H groups in total. The maximum atomic E-state index is 12.3. The monoisotopic (exact) mass is 326 g/mol. The molecule has 0 spiro atoms. The Hall–Kier alpha value is -2.63. The van der Waals surface area contributed by atoms with E-state index in [-0.39, 0.29) is 11.6 Å². The Morgan fingerprint density at radius 1 is 1.21 bits per heavy atom. The first-order chi connectivity index (χ1) is 11.8. The van der Waals surface area contributed by atoms with Gasteiger partial charge in [-0.15, -0.1) is 0 Å². The van der Waals surface area contributed by atoms with E-state index >= 15 is 0 Å². The van der Waals surface area contributed by atoms with E-state index in [9.17, 15) is 4.79 Å². The summed E-state index contributed by atoms with van der Waals surface area (Å²) in [5, 5.41) is 6.17. The molecule has 0 aliphatic heterocycles. The molecule has 1 saturated carbocycles. The van der Waals surface area contributed by atoms with Gasteiger partial charge in [-0.25, -0.2) is 9.97 Å². The normalized spacial score (nSPS) is 14.4. The van der Waals surface area contributed by atoms with Crippen LogP contribution >= 0.6 is 0 Å². The highest BCUT2D eigenvalue weighted by Crippen LogP contribution is 2.24. The number of nitrogens with one attached hydrogen (secondary N) is 2. The van der Waals surface area contributed by atoms with Crippen molar-refractivity contribution in [2.45, 2.75) is 38.6 Å². The van der Waals surface area contributed by atoms with Crippen molar-refractivity contribution < 1.29 is 9.53 Å². The van der Waals surface area contributed by atoms with Gasteiger partial charge in [0.15, 0.2) is 0 Å². The second-order valence-corrected chi connectivity index (χ2v) is 5.80. The average molecular weight is 326 g/mol. The van der Waals surface area contributed by atoms with Gasteiger partial charge < -0.3 is 15.4 Å². The predicted molar refractivity (Wildman–Crippen MR) is 93.5 cm³/mol. The van der Waals surface area contributed by atoms with Gasteiger partial charge in [-0.2, -0.15) is 0 Å². The van der Waals surface area contributed by atoms with E-state index in [0.29, 0.717) is 29.9 Å². The van der Waals surface area contributed by atoms with E-state index < -0.39 is 0 Å². The zero-order chi connectivity index (χ0) is 16.8. The molecule has 0 bridgehead atoms.